The topological polar surface area (TPSA) is 86.8 Å². The Morgan fingerprint density at radius 3 is 2.10 bits per heavy atom. The fourth-order valence-corrected chi connectivity index (χ4v) is 6.53. The predicted octanol–water partition coefficient (Wildman–Crippen LogP) is 5.88. The van der Waals surface area contributed by atoms with Gasteiger partial charge in [0.05, 0.1) is 10.6 Å². The molecular weight excluding hydrogens is 593 g/mol. The molecule has 0 saturated carbocycles. The summed E-state index contributed by atoms with van der Waals surface area (Å²) < 4.78 is 29.1. The Bertz CT molecular complexity index is 1650. The van der Waals surface area contributed by atoms with Gasteiger partial charge >= 0.3 is 0 Å². The molecule has 218 valence electrons. The number of sulfonamides is 1. The summed E-state index contributed by atoms with van der Waals surface area (Å²) in [5.74, 6) is -0.955. The summed E-state index contributed by atoms with van der Waals surface area (Å²) in [7, 11) is -2.70. The first-order valence-corrected chi connectivity index (χ1v) is 15.4. The summed E-state index contributed by atoms with van der Waals surface area (Å²) in [4.78, 5) is 29.1. The van der Waals surface area contributed by atoms with E-state index in [1.165, 1.54) is 24.1 Å². The number of halogens is 2. The van der Waals surface area contributed by atoms with Gasteiger partial charge in [-0.1, -0.05) is 89.9 Å². The van der Waals surface area contributed by atoms with Crippen LogP contribution in [0.4, 0.5) is 5.69 Å². The Kier molecular flexibility index (Phi) is 10.3. The molecule has 2 amide bonds. The largest absolute Gasteiger partial charge is 0.357 e. The molecule has 0 spiro atoms. The van der Waals surface area contributed by atoms with Gasteiger partial charge in [0.25, 0.3) is 10.0 Å². The lowest BCUT2D eigenvalue weighted by Gasteiger charge is -2.34. The van der Waals surface area contributed by atoms with E-state index < -0.39 is 28.5 Å². The van der Waals surface area contributed by atoms with Crippen molar-refractivity contribution in [2.75, 3.05) is 17.9 Å². The van der Waals surface area contributed by atoms with E-state index in [0.29, 0.717) is 21.2 Å². The molecule has 0 aromatic heterocycles. The molecule has 4 rings (SSSR count). The van der Waals surface area contributed by atoms with Crippen LogP contribution in [0.15, 0.2) is 108 Å². The zero-order valence-corrected chi connectivity index (χ0v) is 25.5. The van der Waals surface area contributed by atoms with Crippen molar-refractivity contribution in [3.8, 4) is 0 Å². The minimum Gasteiger partial charge on any atom is -0.357 e. The zero-order chi connectivity index (χ0) is 30.3. The summed E-state index contributed by atoms with van der Waals surface area (Å²) in [5, 5.41) is 3.50. The number of rotatable bonds is 11. The molecule has 42 heavy (non-hydrogen) atoms. The van der Waals surface area contributed by atoms with Crippen molar-refractivity contribution in [2.24, 2.45) is 0 Å². The van der Waals surface area contributed by atoms with E-state index in [4.69, 9.17) is 23.2 Å². The van der Waals surface area contributed by atoms with E-state index in [-0.39, 0.29) is 29.5 Å². The monoisotopic (exact) mass is 623 g/mol. The van der Waals surface area contributed by atoms with Gasteiger partial charge in [-0.3, -0.25) is 13.9 Å². The van der Waals surface area contributed by atoms with Crippen LogP contribution in [0.2, 0.25) is 10.0 Å². The van der Waals surface area contributed by atoms with Gasteiger partial charge < -0.3 is 10.2 Å². The van der Waals surface area contributed by atoms with E-state index in [0.717, 1.165) is 9.87 Å². The molecule has 0 bridgehead atoms. The normalized spacial score (nSPS) is 11.9. The van der Waals surface area contributed by atoms with Crippen molar-refractivity contribution < 1.29 is 18.0 Å². The fourth-order valence-electron chi connectivity index (χ4n) is 4.65. The van der Waals surface area contributed by atoms with Gasteiger partial charge in [-0.25, -0.2) is 8.42 Å². The number of hydrogen-bond donors (Lipinski definition) is 1. The quantitative estimate of drug-likeness (QED) is 0.226. The Hall–Kier alpha value is -3.85. The first-order chi connectivity index (χ1) is 20.1. The van der Waals surface area contributed by atoms with Crippen LogP contribution in [-0.2, 0) is 32.6 Å². The van der Waals surface area contributed by atoms with Crippen LogP contribution in [0.5, 0.6) is 0 Å². The van der Waals surface area contributed by atoms with Crippen molar-refractivity contribution in [1.29, 1.82) is 0 Å². The molecule has 0 aliphatic heterocycles. The Morgan fingerprint density at radius 1 is 0.833 bits per heavy atom. The lowest BCUT2D eigenvalue weighted by atomic mass is 10.0. The van der Waals surface area contributed by atoms with Crippen LogP contribution >= 0.6 is 23.2 Å². The average Bonchev–Trinajstić information content (AvgIpc) is 2.99. The first-order valence-electron chi connectivity index (χ1n) is 13.2. The van der Waals surface area contributed by atoms with Crippen molar-refractivity contribution >= 4 is 50.7 Å². The van der Waals surface area contributed by atoms with E-state index in [1.54, 1.807) is 67.6 Å². The molecule has 0 aliphatic carbocycles. The van der Waals surface area contributed by atoms with E-state index in [1.807, 2.05) is 30.3 Å². The molecule has 1 N–H and O–H groups in total. The maximum Gasteiger partial charge on any atom is 0.264 e. The van der Waals surface area contributed by atoms with Gasteiger partial charge in [-0.2, -0.15) is 0 Å². The van der Waals surface area contributed by atoms with Crippen LogP contribution < -0.4 is 9.62 Å². The van der Waals surface area contributed by atoms with Gasteiger partial charge in [-0.15, -0.1) is 0 Å². The highest BCUT2D eigenvalue weighted by Gasteiger charge is 2.35. The Morgan fingerprint density at radius 2 is 1.45 bits per heavy atom. The molecule has 4 aromatic rings. The number of amides is 2. The predicted molar refractivity (Wildman–Crippen MR) is 167 cm³/mol. The van der Waals surface area contributed by atoms with Crippen molar-refractivity contribution in [1.82, 2.24) is 10.2 Å². The highest BCUT2D eigenvalue weighted by Crippen LogP contribution is 2.31. The summed E-state index contributed by atoms with van der Waals surface area (Å²) in [5.41, 5.74) is 2.30. The van der Waals surface area contributed by atoms with E-state index in [2.05, 4.69) is 5.32 Å². The third-order valence-electron chi connectivity index (χ3n) is 6.88. The molecule has 4 aromatic carbocycles. The van der Waals surface area contributed by atoms with Crippen molar-refractivity contribution in [3.05, 3.63) is 130 Å². The third-order valence-corrected chi connectivity index (χ3v) is 9.30. The van der Waals surface area contributed by atoms with E-state index >= 15 is 0 Å². The number of hydrogen-bond acceptors (Lipinski definition) is 4. The number of benzene rings is 4. The molecular formula is C32H31Cl2N3O4S. The number of likely N-dealkylation sites (N-methyl/N-ethyl adjacent to an activating group) is 1. The lowest BCUT2D eigenvalue weighted by Crippen LogP contribution is -2.53. The summed E-state index contributed by atoms with van der Waals surface area (Å²) >= 11 is 12.6. The fraction of sp³-hybridized carbons (Fsp3) is 0.188. The van der Waals surface area contributed by atoms with Crippen LogP contribution in [0.25, 0.3) is 0 Å². The minimum atomic E-state index is -4.21. The molecule has 1 atom stereocenters. The zero-order valence-electron chi connectivity index (χ0n) is 23.2. The molecule has 7 nitrogen and oxygen atoms in total. The molecule has 0 aliphatic rings. The molecule has 0 fully saturated rings. The Balaban J connectivity index is 1.81. The smallest absolute Gasteiger partial charge is 0.264 e. The van der Waals surface area contributed by atoms with Gasteiger partial charge in [0.1, 0.15) is 12.6 Å². The summed E-state index contributed by atoms with van der Waals surface area (Å²) in [6, 6.07) is 28.2. The van der Waals surface area contributed by atoms with Gasteiger partial charge in [0.2, 0.25) is 11.8 Å². The Labute approximate surface area is 256 Å². The molecule has 0 saturated heterocycles. The first kappa shape index (κ1) is 31.1. The molecule has 10 heteroatoms. The standard InChI is InChI=1S/C32H31Cl2N3O4S/c1-23-28(34)17-10-18-29(23)37(42(40,41)27-15-7-4-8-16-27)22-31(38)36(21-25-13-9-14-26(33)19-25)30(32(39)35-2)20-24-11-5-3-6-12-24/h3-19,30H,20-22H2,1-2H3,(H,35,39)/t30-/m1/s1. The second kappa shape index (κ2) is 13.9. The molecule has 0 radical (unpaired) electrons. The second-order valence-electron chi connectivity index (χ2n) is 9.68. The van der Waals surface area contributed by atoms with Gasteiger partial charge in [0, 0.05) is 30.1 Å². The van der Waals surface area contributed by atoms with E-state index in [9.17, 15) is 18.0 Å². The van der Waals surface area contributed by atoms with Crippen molar-refractivity contribution in [3.63, 3.8) is 0 Å². The highest BCUT2D eigenvalue weighted by atomic mass is 35.5. The van der Waals surface area contributed by atoms with Crippen LogP contribution in [0, 0.1) is 6.92 Å². The number of carbonyl (C=O) groups is 2. The number of nitrogens with zero attached hydrogens (tertiary/aromatic N) is 2. The van der Waals surface area contributed by atoms with Crippen LogP contribution in [0.1, 0.15) is 16.7 Å². The van der Waals surface area contributed by atoms with Gasteiger partial charge in [-0.05, 0) is 60.0 Å². The summed E-state index contributed by atoms with van der Waals surface area (Å²) in [6.07, 6.45) is 0.217. The molecule has 0 unspecified atom stereocenters. The van der Waals surface area contributed by atoms with Crippen LogP contribution in [-0.4, -0.2) is 44.8 Å². The highest BCUT2D eigenvalue weighted by molar-refractivity contribution is 7.92. The SMILES string of the molecule is CNC(=O)[C@@H](Cc1ccccc1)N(Cc1cccc(Cl)c1)C(=O)CN(c1cccc(Cl)c1C)S(=O)(=O)c1ccccc1. The maximum absolute atomic E-state index is 14.3. The molecule has 0 heterocycles. The van der Waals surface area contributed by atoms with Gasteiger partial charge in [0.15, 0.2) is 0 Å². The second-order valence-corrected chi connectivity index (χ2v) is 12.4. The minimum absolute atomic E-state index is 0.0192. The third kappa shape index (κ3) is 7.31. The number of carbonyl (C=O) groups excluding carboxylic acids is 2. The lowest BCUT2D eigenvalue weighted by molar-refractivity contribution is -0.139. The van der Waals surface area contributed by atoms with Crippen LogP contribution in [0.3, 0.4) is 0 Å². The average molecular weight is 625 g/mol. The maximum atomic E-state index is 14.3. The number of anilines is 1. The van der Waals surface area contributed by atoms with Crippen molar-refractivity contribution in [2.45, 2.75) is 30.8 Å². The summed E-state index contributed by atoms with van der Waals surface area (Å²) in [6.45, 7) is 1.15. The number of nitrogens with one attached hydrogen (secondary N) is 1.